The molecule has 1 aromatic heterocycles. The van der Waals surface area contributed by atoms with Crippen LogP contribution in [0, 0.1) is 0 Å². The van der Waals surface area contributed by atoms with Crippen molar-refractivity contribution < 1.29 is 0 Å². The molecule has 32 heavy (non-hydrogen) atoms. The van der Waals surface area contributed by atoms with E-state index in [9.17, 15) is 0 Å². The molecule has 4 aromatic carbocycles. The van der Waals surface area contributed by atoms with Crippen LogP contribution >= 0.6 is 0 Å². The fourth-order valence-corrected chi connectivity index (χ4v) is 3.75. The van der Waals surface area contributed by atoms with Gasteiger partial charge in [-0.3, -0.25) is 0 Å². The fourth-order valence-electron chi connectivity index (χ4n) is 3.75. The van der Waals surface area contributed by atoms with E-state index in [0.717, 1.165) is 44.8 Å². The minimum absolute atomic E-state index is 0.438. The van der Waals surface area contributed by atoms with E-state index in [4.69, 9.17) is 16.5 Å². The van der Waals surface area contributed by atoms with Crippen molar-refractivity contribution in [1.82, 2.24) is 9.97 Å². The summed E-state index contributed by atoms with van der Waals surface area (Å²) in [6, 6.07) is 36.4. The molecular weight excluding hydrogens is 392 g/mol. The molecule has 0 aliphatic rings. The van der Waals surface area contributed by atoms with E-state index in [1.807, 2.05) is 78.9 Å². The summed E-state index contributed by atoms with van der Waals surface area (Å²) in [4.78, 5) is 9.30. The van der Waals surface area contributed by atoms with Gasteiger partial charge in [0.15, 0.2) is 5.82 Å². The molecule has 0 aliphatic heterocycles. The lowest BCUT2D eigenvalue weighted by atomic mass is 9.95. The second-order valence-corrected chi connectivity index (χ2v) is 7.65. The van der Waals surface area contributed by atoms with Gasteiger partial charge in [-0.2, -0.15) is 0 Å². The highest BCUT2D eigenvalue weighted by Crippen LogP contribution is 2.33. The van der Waals surface area contributed by atoms with Gasteiger partial charge in [0.25, 0.3) is 0 Å². The molecule has 0 aliphatic carbocycles. The Morgan fingerprint density at radius 2 is 0.969 bits per heavy atom. The largest absolute Gasteiger partial charge is 0.399 e. The van der Waals surface area contributed by atoms with Crippen LogP contribution in [-0.4, -0.2) is 9.97 Å². The maximum absolute atomic E-state index is 6.18. The molecule has 0 spiro atoms. The number of benzene rings is 4. The summed E-state index contributed by atoms with van der Waals surface area (Å²) >= 11 is 0. The maximum Gasteiger partial charge on any atom is 0.162 e. The highest BCUT2D eigenvalue weighted by molar-refractivity contribution is 5.81. The smallest absolute Gasteiger partial charge is 0.162 e. The highest BCUT2D eigenvalue weighted by atomic mass is 14.9. The van der Waals surface area contributed by atoms with E-state index < -0.39 is 0 Å². The van der Waals surface area contributed by atoms with Crippen molar-refractivity contribution in [3.63, 3.8) is 0 Å². The molecule has 4 heteroatoms. The Morgan fingerprint density at radius 1 is 0.438 bits per heavy atom. The van der Waals surface area contributed by atoms with Crippen molar-refractivity contribution in [1.29, 1.82) is 0 Å². The first-order valence-electron chi connectivity index (χ1n) is 10.4. The Balaban J connectivity index is 1.69. The molecule has 0 fully saturated rings. The molecule has 0 radical (unpaired) electrons. The number of hydrogen-bond donors (Lipinski definition) is 2. The van der Waals surface area contributed by atoms with E-state index in [-0.39, 0.29) is 0 Å². The zero-order valence-electron chi connectivity index (χ0n) is 17.4. The normalized spacial score (nSPS) is 10.8. The predicted molar refractivity (Wildman–Crippen MR) is 133 cm³/mol. The van der Waals surface area contributed by atoms with Crippen LogP contribution in [0.1, 0.15) is 0 Å². The Morgan fingerprint density at radius 3 is 1.59 bits per heavy atom. The predicted octanol–water partition coefficient (Wildman–Crippen LogP) is 6.31. The number of nitrogen functional groups attached to an aromatic ring is 2. The standard InChI is InChI=1S/C28H22N4/c29-25-13-11-20(12-14-25)23-15-22(19-7-3-1-4-8-19)16-24(17-23)26-18-27(30)32-28(31-26)21-9-5-2-6-10-21/h1-18H,29H2,(H2,30,31,32). The van der Waals surface area contributed by atoms with Crippen LogP contribution in [0.15, 0.2) is 109 Å². The van der Waals surface area contributed by atoms with Gasteiger partial charge >= 0.3 is 0 Å². The maximum atomic E-state index is 6.18. The summed E-state index contributed by atoms with van der Waals surface area (Å²) in [5, 5.41) is 0. The first-order chi connectivity index (χ1) is 15.7. The number of aromatic nitrogens is 2. The molecule has 0 bridgehead atoms. The molecular formula is C28H22N4. The first kappa shape index (κ1) is 19.5. The van der Waals surface area contributed by atoms with E-state index in [1.165, 1.54) is 0 Å². The van der Waals surface area contributed by atoms with Crippen LogP contribution in [0.5, 0.6) is 0 Å². The monoisotopic (exact) mass is 414 g/mol. The van der Waals surface area contributed by atoms with Crippen molar-refractivity contribution in [3.8, 4) is 44.9 Å². The van der Waals surface area contributed by atoms with Crippen LogP contribution < -0.4 is 11.5 Å². The van der Waals surface area contributed by atoms with Crippen LogP contribution in [0.2, 0.25) is 0 Å². The van der Waals surface area contributed by atoms with Gasteiger partial charge in [-0.05, 0) is 52.6 Å². The van der Waals surface area contributed by atoms with Crippen molar-refractivity contribution in [2.75, 3.05) is 11.5 Å². The summed E-state index contributed by atoms with van der Waals surface area (Å²) in [6.07, 6.45) is 0. The van der Waals surface area contributed by atoms with E-state index in [1.54, 1.807) is 0 Å². The summed E-state index contributed by atoms with van der Waals surface area (Å²) in [5.74, 6) is 1.05. The lowest BCUT2D eigenvalue weighted by Crippen LogP contribution is -1.98. The summed E-state index contributed by atoms with van der Waals surface area (Å²) in [6.45, 7) is 0. The number of rotatable bonds is 4. The molecule has 5 rings (SSSR count). The first-order valence-corrected chi connectivity index (χ1v) is 10.4. The van der Waals surface area contributed by atoms with E-state index in [0.29, 0.717) is 11.6 Å². The zero-order valence-corrected chi connectivity index (χ0v) is 17.4. The molecule has 0 saturated heterocycles. The van der Waals surface area contributed by atoms with Crippen LogP contribution in [0.25, 0.3) is 44.9 Å². The molecule has 5 aromatic rings. The van der Waals surface area contributed by atoms with Gasteiger partial charge in [0, 0.05) is 22.9 Å². The van der Waals surface area contributed by atoms with E-state index in [2.05, 4.69) is 35.3 Å². The van der Waals surface area contributed by atoms with Crippen molar-refractivity contribution >= 4 is 11.5 Å². The number of hydrogen-bond acceptors (Lipinski definition) is 4. The molecule has 4 nitrogen and oxygen atoms in total. The highest BCUT2D eigenvalue weighted by Gasteiger charge is 2.11. The van der Waals surface area contributed by atoms with Crippen LogP contribution in [0.4, 0.5) is 11.5 Å². The molecule has 0 unspecified atom stereocenters. The number of anilines is 2. The Labute approximate surface area is 187 Å². The second kappa shape index (κ2) is 8.36. The minimum Gasteiger partial charge on any atom is -0.399 e. The molecule has 0 amide bonds. The summed E-state index contributed by atoms with van der Waals surface area (Å²) in [5.41, 5.74) is 19.9. The average molecular weight is 415 g/mol. The molecule has 154 valence electrons. The average Bonchev–Trinajstić information content (AvgIpc) is 2.85. The molecule has 0 saturated carbocycles. The van der Waals surface area contributed by atoms with Gasteiger partial charge in [-0.15, -0.1) is 0 Å². The van der Waals surface area contributed by atoms with Crippen molar-refractivity contribution in [3.05, 3.63) is 109 Å². The lowest BCUT2D eigenvalue weighted by molar-refractivity contribution is 1.19. The van der Waals surface area contributed by atoms with Gasteiger partial charge in [-0.25, -0.2) is 9.97 Å². The van der Waals surface area contributed by atoms with Crippen molar-refractivity contribution in [2.24, 2.45) is 0 Å². The van der Waals surface area contributed by atoms with Gasteiger partial charge < -0.3 is 11.5 Å². The number of nitrogens with two attached hydrogens (primary N) is 2. The Hall–Kier alpha value is -4.44. The van der Waals surface area contributed by atoms with Gasteiger partial charge in [0.05, 0.1) is 5.69 Å². The SMILES string of the molecule is Nc1ccc(-c2cc(-c3ccccc3)cc(-c3cc(N)nc(-c4ccccc4)n3)c2)cc1. The Bertz CT molecular complexity index is 1360. The Kier molecular flexibility index (Phi) is 5.10. The molecule has 4 N–H and O–H groups in total. The lowest BCUT2D eigenvalue weighted by Gasteiger charge is -2.12. The zero-order chi connectivity index (χ0) is 21.9. The van der Waals surface area contributed by atoms with Gasteiger partial charge in [-0.1, -0.05) is 72.8 Å². The number of nitrogens with zero attached hydrogens (tertiary/aromatic N) is 2. The molecule has 0 atom stereocenters. The minimum atomic E-state index is 0.438. The second-order valence-electron chi connectivity index (χ2n) is 7.65. The summed E-state index contributed by atoms with van der Waals surface area (Å²) < 4.78 is 0. The fraction of sp³-hybridized carbons (Fsp3) is 0. The third-order valence-electron chi connectivity index (χ3n) is 5.36. The van der Waals surface area contributed by atoms with Crippen LogP contribution in [-0.2, 0) is 0 Å². The van der Waals surface area contributed by atoms with Gasteiger partial charge in [0.2, 0.25) is 0 Å². The quantitative estimate of drug-likeness (QED) is 0.338. The van der Waals surface area contributed by atoms with E-state index >= 15 is 0 Å². The third-order valence-corrected chi connectivity index (χ3v) is 5.36. The molecule has 1 heterocycles. The van der Waals surface area contributed by atoms with Gasteiger partial charge in [0.1, 0.15) is 5.82 Å². The van der Waals surface area contributed by atoms with Crippen molar-refractivity contribution in [2.45, 2.75) is 0 Å². The van der Waals surface area contributed by atoms with Crippen LogP contribution in [0.3, 0.4) is 0 Å². The summed E-state index contributed by atoms with van der Waals surface area (Å²) in [7, 11) is 0. The topological polar surface area (TPSA) is 77.8 Å². The third kappa shape index (κ3) is 4.07.